The molecule has 8 heteroatoms. The van der Waals surface area contributed by atoms with Gasteiger partial charge in [-0.1, -0.05) is 30.0 Å². The van der Waals surface area contributed by atoms with Crippen LogP contribution in [-0.4, -0.2) is 51.1 Å². The Morgan fingerprint density at radius 3 is 2.53 bits per heavy atom. The van der Waals surface area contributed by atoms with Gasteiger partial charge in [-0.15, -0.1) is 12.4 Å². The molecule has 2 aliphatic rings. The van der Waals surface area contributed by atoms with Crippen LogP contribution in [0.3, 0.4) is 0 Å². The number of anilines is 1. The number of allylic oxidation sites excluding steroid dienone is 4. The second kappa shape index (κ2) is 10.7. The van der Waals surface area contributed by atoms with Gasteiger partial charge in [0.05, 0.1) is 23.5 Å². The molecule has 6 nitrogen and oxygen atoms in total. The number of amides is 1. The average molecular weight is 451 g/mol. The van der Waals surface area contributed by atoms with E-state index >= 15 is 0 Å². The number of ether oxygens (including phenoxy) is 2. The lowest BCUT2D eigenvalue weighted by atomic mass is 10.0. The number of rotatable bonds is 6. The Kier molecular flexibility index (Phi) is 8.58. The van der Waals surface area contributed by atoms with Crippen LogP contribution in [0.15, 0.2) is 63.3 Å². The Morgan fingerprint density at radius 1 is 1.20 bits per heavy atom. The zero-order valence-corrected chi connectivity index (χ0v) is 19.3. The summed E-state index contributed by atoms with van der Waals surface area (Å²) in [4.78, 5) is 30.7. The summed E-state index contributed by atoms with van der Waals surface area (Å²) < 4.78 is 10.8. The molecule has 1 aliphatic heterocycles. The summed E-state index contributed by atoms with van der Waals surface area (Å²) in [6.45, 7) is 2.51. The zero-order chi connectivity index (χ0) is 21.0. The Hall–Kier alpha value is -2.22. The lowest BCUT2D eigenvalue weighted by Crippen LogP contribution is -2.38. The molecule has 0 fully saturated rings. The normalized spacial score (nSPS) is 16.3. The van der Waals surface area contributed by atoms with Crippen molar-refractivity contribution < 1.29 is 19.1 Å². The third-order valence-electron chi connectivity index (χ3n) is 4.70. The molecule has 0 spiro atoms. The summed E-state index contributed by atoms with van der Waals surface area (Å²) in [5, 5.41) is 0. The molecule has 0 aromatic heterocycles. The van der Waals surface area contributed by atoms with Crippen molar-refractivity contribution in [2.24, 2.45) is 0 Å². The van der Waals surface area contributed by atoms with Crippen LogP contribution in [0.25, 0.3) is 0 Å². The number of esters is 1. The minimum atomic E-state index is -0.505. The van der Waals surface area contributed by atoms with E-state index in [2.05, 4.69) is 0 Å². The fourth-order valence-corrected chi connectivity index (χ4v) is 4.37. The molecule has 1 heterocycles. The monoisotopic (exact) mass is 450 g/mol. The fraction of sp³-hybridized carbons (Fsp3) is 0.364. The van der Waals surface area contributed by atoms with E-state index in [-0.39, 0.29) is 24.1 Å². The summed E-state index contributed by atoms with van der Waals surface area (Å²) in [6.07, 6.45) is 5.29. The number of carbonyl (C=O) groups excluding carboxylic acids is 2. The summed E-state index contributed by atoms with van der Waals surface area (Å²) in [5.41, 5.74) is 1.79. The number of methoxy groups -OCH3 is 1. The van der Waals surface area contributed by atoms with Gasteiger partial charge in [-0.05, 0) is 44.3 Å². The van der Waals surface area contributed by atoms with E-state index in [1.807, 2.05) is 55.4 Å². The van der Waals surface area contributed by atoms with Crippen LogP contribution in [0, 0.1) is 0 Å². The topological polar surface area (TPSA) is 59.1 Å². The molecule has 0 N–H and O–H groups in total. The van der Waals surface area contributed by atoms with E-state index in [4.69, 9.17) is 9.47 Å². The number of benzene rings is 1. The second-order valence-corrected chi connectivity index (χ2v) is 8.16. The first-order valence-corrected chi connectivity index (χ1v) is 10.3. The van der Waals surface area contributed by atoms with Crippen molar-refractivity contribution in [3.8, 4) is 0 Å². The van der Waals surface area contributed by atoms with Crippen molar-refractivity contribution in [1.29, 1.82) is 0 Å². The smallest absolute Gasteiger partial charge is 0.308 e. The number of hydrogen-bond acceptors (Lipinski definition) is 6. The maximum atomic E-state index is 13.5. The molecule has 0 saturated carbocycles. The van der Waals surface area contributed by atoms with Crippen LogP contribution in [0.4, 0.5) is 5.69 Å². The SMILES string of the molecule is COC1=CC=C(C2=C(OC(C)=O)C(=O)N(CCN(C)C)c3ccccc3S2)CC1.Cl. The summed E-state index contributed by atoms with van der Waals surface area (Å²) in [7, 11) is 5.57. The van der Waals surface area contributed by atoms with Crippen LogP contribution in [0.5, 0.6) is 0 Å². The summed E-state index contributed by atoms with van der Waals surface area (Å²) >= 11 is 1.47. The highest BCUT2D eigenvalue weighted by atomic mass is 35.5. The predicted octanol–water partition coefficient (Wildman–Crippen LogP) is 4.13. The maximum absolute atomic E-state index is 13.5. The first-order valence-electron chi connectivity index (χ1n) is 9.51. The lowest BCUT2D eigenvalue weighted by molar-refractivity contribution is -0.140. The van der Waals surface area contributed by atoms with Gasteiger partial charge in [0.2, 0.25) is 5.76 Å². The van der Waals surface area contributed by atoms with Crippen molar-refractivity contribution in [2.75, 3.05) is 39.2 Å². The largest absolute Gasteiger partial charge is 0.501 e. The van der Waals surface area contributed by atoms with E-state index in [0.29, 0.717) is 24.4 Å². The number of halogens is 1. The number of para-hydroxylation sites is 1. The molecule has 0 atom stereocenters. The van der Waals surface area contributed by atoms with Gasteiger partial charge in [-0.3, -0.25) is 9.59 Å². The number of carbonyl (C=O) groups is 2. The average Bonchev–Trinajstić information content (AvgIpc) is 2.81. The van der Waals surface area contributed by atoms with Crippen LogP contribution in [0.2, 0.25) is 0 Å². The van der Waals surface area contributed by atoms with Gasteiger partial charge in [0.15, 0.2) is 0 Å². The standard InChI is InChI=1S/C22H26N2O4S.ClH/c1-15(25)28-20-21(16-9-11-17(27-4)12-10-16)29-19-8-6-5-7-18(19)24(22(20)26)14-13-23(2)3;/h5-9,11H,10,12-14H2,1-4H3;1H. The van der Waals surface area contributed by atoms with E-state index in [9.17, 15) is 9.59 Å². The highest BCUT2D eigenvalue weighted by molar-refractivity contribution is 8.03. The number of hydrogen-bond donors (Lipinski definition) is 0. The molecule has 1 aromatic rings. The maximum Gasteiger partial charge on any atom is 0.308 e. The van der Waals surface area contributed by atoms with E-state index in [1.54, 1.807) is 12.0 Å². The molecule has 0 bridgehead atoms. The zero-order valence-electron chi connectivity index (χ0n) is 17.6. The van der Waals surface area contributed by atoms with Crippen molar-refractivity contribution in [3.63, 3.8) is 0 Å². The van der Waals surface area contributed by atoms with E-state index < -0.39 is 5.97 Å². The highest BCUT2D eigenvalue weighted by Gasteiger charge is 2.33. The lowest BCUT2D eigenvalue weighted by Gasteiger charge is -2.25. The van der Waals surface area contributed by atoms with Crippen LogP contribution >= 0.6 is 24.2 Å². The van der Waals surface area contributed by atoms with Gasteiger partial charge in [0.1, 0.15) is 0 Å². The quantitative estimate of drug-likeness (QED) is 0.607. The van der Waals surface area contributed by atoms with Crippen LogP contribution < -0.4 is 4.90 Å². The molecule has 30 heavy (non-hydrogen) atoms. The van der Waals surface area contributed by atoms with Gasteiger partial charge in [0, 0.05) is 31.3 Å². The Bertz CT molecular complexity index is 908. The van der Waals surface area contributed by atoms with E-state index in [0.717, 1.165) is 28.3 Å². The Balaban J connectivity index is 0.00000320. The molecule has 1 amide bonds. The number of likely N-dealkylation sites (N-methyl/N-ethyl adjacent to an activating group) is 1. The fourth-order valence-electron chi connectivity index (χ4n) is 3.20. The summed E-state index contributed by atoms with van der Waals surface area (Å²) in [6, 6.07) is 7.79. The molecule has 0 saturated heterocycles. The van der Waals surface area contributed by atoms with Crippen LogP contribution in [-0.2, 0) is 19.1 Å². The van der Waals surface area contributed by atoms with Crippen LogP contribution in [0.1, 0.15) is 19.8 Å². The first kappa shape index (κ1) is 24.1. The number of thioether (sulfide) groups is 1. The van der Waals surface area contributed by atoms with Crippen molar-refractivity contribution in [2.45, 2.75) is 24.7 Å². The van der Waals surface area contributed by atoms with Crippen molar-refractivity contribution in [1.82, 2.24) is 4.90 Å². The minimum Gasteiger partial charge on any atom is -0.501 e. The molecular formula is C22H27ClN2O4S. The van der Waals surface area contributed by atoms with Crippen molar-refractivity contribution >= 4 is 41.7 Å². The van der Waals surface area contributed by atoms with Gasteiger partial charge in [-0.2, -0.15) is 0 Å². The molecular weight excluding hydrogens is 424 g/mol. The predicted molar refractivity (Wildman–Crippen MR) is 122 cm³/mol. The molecule has 0 radical (unpaired) electrons. The first-order chi connectivity index (χ1) is 13.9. The Labute approximate surface area is 188 Å². The third kappa shape index (κ3) is 5.47. The molecule has 1 aliphatic carbocycles. The van der Waals surface area contributed by atoms with Gasteiger partial charge in [0.25, 0.3) is 5.91 Å². The minimum absolute atomic E-state index is 0. The van der Waals surface area contributed by atoms with Gasteiger partial charge < -0.3 is 19.3 Å². The van der Waals surface area contributed by atoms with Gasteiger partial charge >= 0.3 is 5.97 Å². The number of nitrogens with zero attached hydrogens (tertiary/aromatic N) is 2. The second-order valence-electron chi connectivity index (χ2n) is 7.11. The number of fused-ring (bicyclic) bond motifs is 1. The van der Waals surface area contributed by atoms with Crippen molar-refractivity contribution in [3.05, 3.63) is 58.4 Å². The molecule has 0 unspecified atom stereocenters. The van der Waals surface area contributed by atoms with Gasteiger partial charge in [-0.25, -0.2) is 0 Å². The molecule has 3 rings (SSSR count). The van der Waals surface area contributed by atoms with E-state index in [1.165, 1.54) is 18.7 Å². The summed E-state index contributed by atoms with van der Waals surface area (Å²) in [5.74, 6) is 0.186. The molecule has 162 valence electrons. The Morgan fingerprint density at radius 2 is 1.93 bits per heavy atom. The molecule has 1 aromatic carbocycles. The third-order valence-corrected chi connectivity index (χ3v) is 5.91. The highest BCUT2D eigenvalue weighted by Crippen LogP contribution is 2.45.